The summed E-state index contributed by atoms with van der Waals surface area (Å²) >= 11 is 6.07. The summed E-state index contributed by atoms with van der Waals surface area (Å²) in [6.45, 7) is 1.64. The first-order chi connectivity index (χ1) is 14.8. The second-order valence-electron chi connectivity index (χ2n) is 6.84. The van der Waals surface area contributed by atoms with Crippen LogP contribution in [0.1, 0.15) is 11.1 Å². The van der Waals surface area contributed by atoms with E-state index in [1.54, 1.807) is 36.4 Å². The topological polar surface area (TPSA) is 70.4 Å². The lowest BCUT2D eigenvalue weighted by Crippen LogP contribution is -2.14. The maximum Gasteiger partial charge on any atom is 0.283 e. The molecule has 0 radical (unpaired) electrons. The molecule has 0 atom stereocenters. The molecule has 4 rings (SSSR count). The second-order valence-corrected chi connectivity index (χ2v) is 9.01. The summed E-state index contributed by atoms with van der Waals surface area (Å²) < 4.78 is 52.5. The number of aromatic nitrogens is 2. The third-order valence-corrected chi connectivity index (χ3v) is 6.74. The van der Waals surface area contributed by atoms with Crippen molar-refractivity contribution in [3.05, 3.63) is 82.6 Å². The van der Waals surface area contributed by atoms with Gasteiger partial charge in [-0.25, -0.2) is 4.39 Å². The van der Waals surface area contributed by atoms with Crippen molar-refractivity contribution in [3.63, 3.8) is 0 Å². The van der Waals surface area contributed by atoms with Gasteiger partial charge in [-0.2, -0.15) is 8.42 Å². The van der Waals surface area contributed by atoms with E-state index >= 15 is 0 Å². The number of halogens is 2. The van der Waals surface area contributed by atoms with E-state index in [2.05, 4.69) is 5.10 Å². The number of aryl methyl sites for hydroxylation is 1. The lowest BCUT2D eigenvalue weighted by Gasteiger charge is -2.07. The molecule has 0 aliphatic heterocycles. The van der Waals surface area contributed by atoms with Crippen molar-refractivity contribution in [2.45, 2.75) is 18.4 Å². The van der Waals surface area contributed by atoms with Gasteiger partial charge in [0.25, 0.3) is 10.0 Å². The van der Waals surface area contributed by atoms with E-state index in [-0.39, 0.29) is 28.0 Å². The molecule has 1 aromatic heterocycles. The van der Waals surface area contributed by atoms with Crippen molar-refractivity contribution in [1.29, 1.82) is 0 Å². The zero-order valence-corrected chi connectivity index (χ0v) is 18.2. The fourth-order valence-corrected chi connectivity index (χ4v) is 4.58. The highest BCUT2D eigenvalue weighted by Crippen LogP contribution is 2.32. The van der Waals surface area contributed by atoms with Crippen LogP contribution in [0.2, 0.25) is 5.02 Å². The van der Waals surface area contributed by atoms with Crippen LogP contribution in [0, 0.1) is 12.7 Å². The number of ether oxygens (including phenoxy) is 2. The first-order valence-corrected chi connectivity index (χ1v) is 11.1. The maximum atomic E-state index is 14.1. The Hall–Kier alpha value is -3.10. The monoisotopic (exact) mass is 460 g/mol. The van der Waals surface area contributed by atoms with Crippen LogP contribution in [0.3, 0.4) is 0 Å². The quantitative estimate of drug-likeness (QED) is 0.406. The van der Waals surface area contributed by atoms with Crippen LogP contribution < -0.4 is 9.47 Å². The van der Waals surface area contributed by atoms with Crippen LogP contribution in [0.4, 0.5) is 4.39 Å². The number of hydrogen-bond donors (Lipinski definition) is 0. The van der Waals surface area contributed by atoms with Crippen molar-refractivity contribution in [1.82, 2.24) is 9.19 Å². The third-order valence-electron chi connectivity index (χ3n) is 4.78. The average molecular weight is 461 g/mol. The molecule has 0 fully saturated rings. The van der Waals surface area contributed by atoms with Gasteiger partial charge in [0.2, 0.25) is 5.88 Å². The van der Waals surface area contributed by atoms with Gasteiger partial charge in [0.1, 0.15) is 18.2 Å². The number of nitrogens with zero attached hydrogens (tertiary/aromatic N) is 2. The van der Waals surface area contributed by atoms with Crippen LogP contribution in [-0.4, -0.2) is 24.7 Å². The van der Waals surface area contributed by atoms with Gasteiger partial charge in [-0.15, -0.1) is 9.19 Å². The van der Waals surface area contributed by atoms with Crippen molar-refractivity contribution < 1.29 is 22.3 Å². The van der Waals surface area contributed by atoms with Crippen molar-refractivity contribution in [2.75, 3.05) is 7.11 Å². The van der Waals surface area contributed by atoms with Gasteiger partial charge in [-0.3, -0.25) is 0 Å². The molecule has 0 aliphatic carbocycles. The Kier molecular flexibility index (Phi) is 5.60. The molecule has 0 saturated heterocycles. The van der Waals surface area contributed by atoms with E-state index in [4.69, 9.17) is 21.1 Å². The second kappa shape index (κ2) is 8.20. The number of rotatable bonds is 6. The highest BCUT2D eigenvalue weighted by molar-refractivity contribution is 7.90. The largest absolute Gasteiger partial charge is 0.497 e. The zero-order valence-electron chi connectivity index (χ0n) is 16.7. The Morgan fingerprint density at radius 2 is 1.84 bits per heavy atom. The molecule has 9 heteroatoms. The highest BCUT2D eigenvalue weighted by Gasteiger charge is 2.24. The van der Waals surface area contributed by atoms with Gasteiger partial charge < -0.3 is 9.47 Å². The molecule has 0 unspecified atom stereocenters. The molecule has 4 aromatic rings. The van der Waals surface area contributed by atoms with Crippen molar-refractivity contribution in [2.24, 2.45) is 0 Å². The Labute approximate surface area is 183 Å². The van der Waals surface area contributed by atoms with Crippen LogP contribution in [0.25, 0.3) is 10.9 Å². The van der Waals surface area contributed by atoms with Crippen LogP contribution in [0.5, 0.6) is 11.6 Å². The van der Waals surface area contributed by atoms with Gasteiger partial charge in [-0.1, -0.05) is 35.4 Å². The minimum Gasteiger partial charge on any atom is -0.497 e. The normalized spacial score (nSPS) is 11.6. The average Bonchev–Trinajstić information content (AvgIpc) is 3.12. The molecule has 0 saturated carbocycles. The molecule has 160 valence electrons. The lowest BCUT2D eigenvalue weighted by molar-refractivity contribution is 0.290. The van der Waals surface area contributed by atoms with E-state index in [9.17, 15) is 12.8 Å². The number of fused-ring (bicyclic) bond motifs is 1. The molecule has 31 heavy (non-hydrogen) atoms. The molecule has 0 amide bonds. The van der Waals surface area contributed by atoms with Crippen LogP contribution in [-0.2, 0) is 16.6 Å². The Morgan fingerprint density at radius 3 is 2.52 bits per heavy atom. The number of methoxy groups -OCH3 is 1. The van der Waals surface area contributed by atoms with E-state index < -0.39 is 15.8 Å². The summed E-state index contributed by atoms with van der Waals surface area (Å²) in [7, 11) is -2.50. The smallest absolute Gasteiger partial charge is 0.283 e. The number of hydrogen-bond acceptors (Lipinski definition) is 5. The summed E-state index contributed by atoms with van der Waals surface area (Å²) in [4.78, 5) is 0.0852. The fraction of sp³-hybridized carbons (Fsp3) is 0.136. The SMILES string of the molecule is COc1ccc2c(c1)c(OCc1c(F)cccc1Cl)nn2S(=O)(=O)c1ccc(C)cc1. The van der Waals surface area contributed by atoms with E-state index in [1.807, 2.05) is 6.92 Å². The minimum atomic E-state index is -4.00. The molecule has 6 nitrogen and oxygen atoms in total. The van der Waals surface area contributed by atoms with E-state index in [0.29, 0.717) is 16.7 Å². The fourth-order valence-electron chi connectivity index (χ4n) is 3.08. The summed E-state index contributed by atoms with van der Waals surface area (Å²) in [6, 6.07) is 15.6. The van der Waals surface area contributed by atoms with E-state index in [0.717, 1.165) is 9.65 Å². The number of benzene rings is 3. The Morgan fingerprint density at radius 1 is 1.10 bits per heavy atom. The van der Waals surface area contributed by atoms with Crippen LogP contribution >= 0.6 is 11.6 Å². The Bertz CT molecular complexity index is 1350. The minimum absolute atomic E-state index is 0.0175. The molecular weight excluding hydrogens is 443 g/mol. The predicted molar refractivity (Wildman–Crippen MR) is 116 cm³/mol. The van der Waals surface area contributed by atoms with Gasteiger partial charge in [0, 0.05) is 5.56 Å². The molecule has 0 N–H and O–H groups in total. The summed E-state index contributed by atoms with van der Waals surface area (Å²) in [5.41, 5.74) is 1.38. The molecule has 0 bridgehead atoms. The molecule has 0 aliphatic rings. The molecule has 0 spiro atoms. The summed E-state index contributed by atoms with van der Waals surface area (Å²) in [6.07, 6.45) is 0. The summed E-state index contributed by atoms with van der Waals surface area (Å²) in [5.74, 6) is -0.0152. The van der Waals surface area contributed by atoms with E-state index in [1.165, 1.54) is 31.4 Å². The summed E-state index contributed by atoms with van der Waals surface area (Å²) in [5, 5.41) is 4.80. The predicted octanol–water partition coefficient (Wildman–Crippen LogP) is 4.96. The van der Waals surface area contributed by atoms with Crippen LogP contribution in [0.15, 0.2) is 65.6 Å². The third kappa shape index (κ3) is 3.96. The van der Waals surface area contributed by atoms with Gasteiger partial charge in [0.15, 0.2) is 0 Å². The van der Waals surface area contributed by atoms with Crippen molar-refractivity contribution >= 4 is 32.5 Å². The van der Waals surface area contributed by atoms with Gasteiger partial charge >= 0.3 is 0 Å². The first-order valence-electron chi connectivity index (χ1n) is 9.26. The van der Waals surface area contributed by atoms with Gasteiger partial charge in [0.05, 0.1) is 27.9 Å². The molecular formula is C22H18ClFN2O4S. The maximum absolute atomic E-state index is 14.1. The standard InChI is InChI=1S/C22H18ClFN2O4S/c1-14-6-9-16(10-7-14)31(27,28)26-21-11-8-15(29-2)12-17(21)22(25-26)30-13-18-19(23)4-3-5-20(18)24/h3-12H,13H2,1-2H3. The molecule has 3 aromatic carbocycles. The Balaban J connectivity index is 1.81. The lowest BCUT2D eigenvalue weighted by atomic mass is 10.2. The van der Waals surface area contributed by atoms with Gasteiger partial charge in [-0.05, 0) is 49.4 Å². The molecule has 1 heterocycles. The highest BCUT2D eigenvalue weighted by atomic mass is 35.5. The zero-order chi connectivity index (χ0) is 22.2. The van der Waals surface area contributed by atoms with Crippen molar-refractivity contribution in [3.8, 4) is 11.6 Å². The first kappa shape index (κ1) is 21.1.